The van der Waals surface area contributed by atoms with E-state index < -0.39 is 0 Å². The van der Waals surface area contributed by atoms with Crippen LogP contribution in [0.3, 0.4) is 0 Å². The van der Waals surface area contributed by atoms with Crippen molar-refractivity contribution in [2.24, 2.45) is 0 Å². The lowest BCUT2D eigenvalue weighted by molar-refractivity contribution is -0.116. The number of halogens is 2. The summed E-state index contributed by atoms with van der Waals surface area (Å²) in [6, 6.07) is 22.0. The summed E-state index contributed by atoms with van der Waals surface area (Å²) in [7, 11) is 0. The van der Waals surface area contributed by atoms with Crippen molar-refractivity contribution in [1.29, 1.82) is 0 Å². The van der Waals surface area contributed by atoms with Gasteiger partial charge in [-0.2, -0.15) is 0 Å². The molecule has 1 aliphatic heterocycles. The number of anilines is 1. The first-order chi connectivity index (χ1) is 17.9. The van der Waals surface area contributed by atoms with E-state index in [1.807, 2.05) is 78.6 Å². The molecule has 0 bridgehead atoms. The minimum atomic E-state index is -0.319. The number of thiocarbonyl (C=S) groups is 1. The standard InChI is InChI=1S/C28H24Cl2N4O2S/c1-17-7-2-3-10-20(17)32-24(35)14-16-34-27(26(33-28(34)37)21-11-4-5-15-31-21)23-13-12-22(36-23)18-8-6-9-19(29)25(18)30/h2-13,15,26-27H,14,16H2,1H3,(H,32,35)(H,33,37). The van der Waals surface area contributed by atoms with E-state index in [1.165, 1.54) is 0 Å². The third-order valence-corrected chi connectivity index (χ3v) is 7.50. The summed E-state index contributed by atoms with van der Waals surface area (Å²) in [5.74, 6) is 1.17. The van der Waals surface area contributed by atoms with Gasteiger partial charge in [0.25, 0.3) is 0 Å². The van der Waals surface area contributed by atoms with Crippen LogP contribution in [0, 0.1) is 6.92 Å². The number of rotatable bonds is 7. The van der Waals surface area contributed by atoms with Crippen LogP contribution in [0.1, 0.15) is 35.5 Å². The number of pyridine rings is 1. The molecule has 5 rings (SSSR count). The molecule has 0 radical (unpaired) electrons. The van der Waals surface area contributed by atoms with Gasteiger partial charge in [-0.1, -0.05) is 53.5 Å². The molecular formula is C28H24Cl2N4O2S. The number of para-hydroxylation sites is 1. The molecule has 37 heavy (non-hydrogen) atoms. The van der Waals surface area contributed by atoms with Gasteiger partial charge in [0, 0.05) is 30.4 Å². The van der Waals surface area contributed by atoms with E-state index >= 15 is 0 Å². The van der Waals surface area contributed by atoms with Gasteiger partial charge in [-0.25, -0.2) is 0 Å². The van der Waals surface area contributed by atoms with Crippen molar-refractivity contribution in [3.05, 3.63) is 106 Å². The number of nitrogens with one attached hydrogen (secondary N) is 2. The highest BCUT2D eigenvalue weighted by Crippen LogP contribution is 2.42. The maximum Gasteiger partial charge on any atom is 0.226 e. The molecule has 2 aromatic carbocycles. The molecule has 1 saturated heterocycles. The van der Waals surface area contributed by atoms with Crippen LogP contribution >= 0.6 is 35.4 Å². The van der Waals surface area contributed by atoms with E-state index in [4.69, 9.17) is 39.8 Å². The fourth-order valence-corrected chi connectivity index (χ4v) is 5.18. The fraction of sp³-hybridized carbons (Fsp3) is 0.179. The van der Waals surface area contributed by atoms with Gasteiger partial charge in [0.1, 0.15) is 17.6 Å². The predicted octanol–water partition coefficient (Wildman–Crippen LogP) is 6.96. The first kappa shape index (κ1) is 25.3. The molecule has 6 nitrogen and oxygen atoms in total. The van der Waals surface area contributed by atoms with Gasteiger partial charge in [-0.3, -0.25) is 9.78 Å². The van der Waals surface area contributed by atoms with E-state index in [-0.39, 0.29) is 24.4 Å². The number of hydrogen-bond donors (Lipinski definition) is 2. The number of nitrogens with zero attached hydrogens (tertiary/aromatic N) is 2. The largest absolute Gasteiger partial charge is 0.459 e. The maximum absolute atomic E-state index is 12.8. The second-order valence-corrected chi connectivity index (χ2v) is 9.91. The molecule has 4 aromatic rings. The van der Waals surface area contributed by atoms with Crippen molar-refractivity contribution in [1.82, 2.24) is 15.2 Å². The molecule has 2 unspecified atom stereocenters. The van der Waals surface area contributed by atoms with Crippen LogP contribution in [0.25, 0.3) is 11.3 Å². The lowest BCUT2D eigenvalue weighted by Crippen LogP contribution is -2.32. The second-order valence-electron chi connectivity index (χ2n) is 8.74. The first-order valence-corrected chi connectivity index (χ1v) is 13.0. The van der Waals surface area contributed by atoms with Crippen LogP contribution in [0.15, 0.2) is 83.4 Å². The number of hydrogen-bond acceptors (Lipinski definition) is 4. The molecule has 0 spiro atoms. The van der Waals surface area contributed by atoms with Crippen molar-refractivity contribution >= 4 is 52.1 Å². The Morgan fingerprint density at radius 1 is 1.08 bits per heavy atom. The van der Waals surface area contributed by atoms with Crippen LogP contribution < -0.4 is 10.6 Å². The lowest BCUT2D eigenvalue weighted by atomic mass is 10.0. The maximum atomic E-state index is 12.8. The molecule has 2 aromatic heterocycles. The van der Waals surface area contributed by atoms with Crippen LogP contribution in [-0.2, 0) is 4.79 Å². The summed E-state index contributed by atoms with van der Waals surface area (Å²) < 4.78 is 6.33. The Bertz CT molecular complexity index is 1440. The molecule has 0 saturated carbocycles. The van der Waals surface area contributed by atoms with Gasteiger partial charge < -0.3 is 20.0 Å². The quantitative estimate of drug-likeness (QED) is 0.242. The van der Waals surface area contributed by atoms with Gasteiger partial charge >= 0.3 is 0 Å². The summed E-state index contributed by atoms with van der Waals surface area (Å²) in [6.45, 7) is 2.36. The molecule has 1 aliphatic rings. The number of furan rings is 1. The molecule has 1 amide bonds. The van der Waals surface area contributed by atoms with Crippen LogP contribution in [0.5, 0.6) is 0 Å². The SMILES string of the molecule is Cc1ccccc1NC(=O)CCN1C(=S)NC(c2ccccn2)C1c1ccc(-c2cccc(Cl)c2Cl)o1. The van der Waals surface area contributed by atoms with Gasteiger partial charge in [-0.05, 0) is 67.2 Å². The monoisotopic (exact) mass is 550 g/mol. The second kappa shape index (κ2) is 10.9. The number of benzene rings is 2. The topological polar surface area (TPSA) is 70.4 Å². The lowest BCUT2D eigenvalue weighted by Gasteiger charge is -2.26. The highest BCUT2D eigenvalue weighted by Gasteiger charge is 2.41. The summed E-state index contributed by atoms with van der Waals surface area (Å²) in [4.78, 5) is 19.3. The minimum absolute atomic E-state index is 0.0945. The predicted molar refractivity (Wildman–Crippen MR) is 151 cm³/mol. The molecule has 2 atom stereocenters. The molecular weight excluding hydrogens is 527 g/mol. The minimum Gasteiger partial charge on any atom is -0.459 e. The number of carbonyl (C=O) groups excluding carboxylic acids is 1. The molecule has 9 heteroatoms. The van der Waals surface area contributed by atoms with Crippen LogP contribution in [0.2, 0.25) is 10.0 Å². The van der Waals surface area contributed by atoms with E-state index in [9.17, 15) is 4.79 Å². The highest BCUT2D eigenvalue weighted by molar-refractivity contribution is 7.80. The zero-order valence-corrected chi connectivity index (χ0v) is 22.3. The summed E-state index contributed by atoms with van der Waals surface area (Å²) in [5, 5.41) is 7.78. The van der Waals surface area contributed by atoms with Crippen LogP contribution in [-0.4, -0.2) is 27.4 Å². The average Bonchev–Trinajstić information content (AvgIpc) is 3.51. The summed E-state index contributed by atoms with van der Waals surface area (Å²) in [5.41, 5.74) is 3.32. The van der Waals surface area contributed by atoms with Gasteiger partial charge in [0.05, 0.1) is 21.8 Å². The fourth-order valence-electron chi connectivity index (χ4n) is 4.45. The summed E-state index contributed by atoms with van der Waals surface area (Å²) in [6.07, 6.45) is 1.99. The molecule has 1 fully saturated rings. The molecule has 188 valence electrons. The Balaban J connectivity index is 1.42. The number of carbonyl (C=O) groups is 1. The van der Waals surface area contributed by atoms with Crippen molar-refractivity contribution in [2.45, 2.75) is 25.4 Å². The first-order valence-electron chi connectivity index (χ1n) is 11.8. The number of amides is 1. The molecule has 0 aliphatic carbocycles. The van der Waals surface area contributed by atoms with Crippen molar-refractivity contribution < 1.29 is 9.21 Å². The number of aryl methyl sites for hydroxylation is 1. The zero-order valence-electron chi connectivity index (χ0n) is 19.9. The zero-order chi connectivity index (χ0) is 25.9. The average molecular weight is 551 g/mol. The van der Waals surface area contributed by atoms with E-state index in [1.54, 1.807) is 12.3 Å². The third-order valence-electron chi connectivity index (χ3n) is 6.33. The Morgan fingerprint density at radius 3 is 2.68 bits per heavy atom. The molecule has 2 N–H and O–H groups in total. The van der Waals surface area contributed by atoms with Gasteiger partial charge in [0.15, 0.2) is 5.11 Å². The summed E-state index contributed by atoms with van der Waals surface area (Å²) >= 11 is 18.4. The Labute approximate surface area is 230 Å². The van der Waals surface area contributed by atoms with E-state index in [0.29, 0.717) is 38.8 Å². The van der Waals surface area contributed by atoms with Gasteiger partial charge in [-0.15, -0.1) is 0 Å². The van der Waals surface area contributed by atoms with Crippen molar-refractivity contribution in [2.75, 3.05) is 11.9 Å². The van der Waals surface area contributed by atoms with Crippen molar-refractivity contribution in [3.63, 3.8) is 0 Å². The molecule has 3 heterocycles. The Kier molecular flexibility index (Phi) is 7.46. The Hall–Kier alpha value is -3.39. The van der Waals surface area contributed by atoms with Gasteiger partial charge in [0.2, 0.25) is 5.91 Å². The Morgan fingerprint density at radius 2 is 1.89 bits per heavy atom. The third kappa shape index (κ3) is 5.34. The highest BCUT2D eigenvalue weighted by atomic mass is 35.5. The van der Waals surface area contributed by atoms with E-state index in [0.717, 1.165) is 16.9 Å². The smallest absolute Gasteiger partial charge is 0.226 e. The number of aromatic nitrogens is 1. The van der Waals surface area contributed by atoms with Crippen LogP contribution in [0.4, 0.5) is 5.69 Å². The van der Waals surface area contributed by atoms with Crippen molar-refractivity contribution in [3.8, 4) is 11.3 Å². The van der Waals surface area contributed by atoms with E-state index in [2.05, 4.69) is 15.6 Å². The normalized spacial score (nSPS) is 17.1.